The molecule has 4 nitrogen and oxygen atoms in total. The molecule has 1 aromatic heterocycles. The molecular formula is C13H12O4S. The number of hydrogen-bond acceptors (Lipinski definition) is 4. The number of thiophene rings is 1. The maximum Gasteiger partial charge on any atom is 0.346 e. The molecule has 0 aliphatic heterocycles. The van der Waals surface area contributed by atoms with Crippen LogP contribution in [0.15, 0.2) is 35.7 Å². The summed E-state index contributed by atoms with van der Waals surface area (Å²) in [6.45, 7) is 0.403. The predicted octanol–water partition coefficient (Wildman–Crippen LogP) is 3.03. The summed E-state index contributed by atoms with van der Waals surface area (Å²) in [5, 5.41) is 10.5. The first-order valence-electron chi connectivity index (χ1n) is 5.26. The third-order valence-electron chi connectivity index (χ3n) is 2.35. The molecule has 1 N–H and O–H groups in total. The van der Waals surface area contributed by atoms with E-state index in [0.717, 1.165) is 22.6 Å². The summed E-state index contributed by atoms with van der Waals surface area (Å²) in [6, 6.07) is 9.05. The van der Waals surface area contributed by atoms with Gasteiger partial charge in [-0.15, -0.1) is 11.3 Å². The first-order chi connectivity index (χ1) is 8.69. The maximum atomic E-state index is 10.7. The molecule has 0 saturated carbocycles. The van der Waals surface area contributed by atoms with E-state index in [-0.39, 0.29) is 4.88 Å². The molecule has 0 fully saturated rings. The number of benzene rings is 1. The van der Waals surface area contributed by atoms with Gasteiger partial charge in [-0.05, 0) is 17.7 Å². The lowest BCUT2D eigenvalue weighted by molar-refractivity contribution is 0.0702. The minimum atomic E-state index is -0.931. The van der Waals surface area contributed by atoms with Crippen molar-refractivity contribution < 1.29 is 19.4 Å². The van der Waals surface area contributed by atoms with Gasteiger partial charge < -0.3 is 14.6 Å². The van der Waals surface area contributed by atoms with Gasteiger partial charge in [0.05, 0.1) is 7.11 Å². The average Bonchev–Trinajstić information content (AvgIpc) is 2.86. The van der Waals surface area contributed by atoms with E-state index in [4.69, 9.17) is 14.6 Å². The lowest BCUT2D eigenvalue weighted by atomic mass is 10.2. The van der Waals surface area contributed by atoms with Gasteiger partial charge in [-0.2, -0.15) is 0 Å². The van der Waals surface area contributed by atoms with Crippen molar-refractivity contribution in [1.82, 2.24) is 0 Å². The quantitative estimate of drug-likeness (QED) is 0.901. The Kier molecular flexibility index (Phi) is 3.84. The van der Waals surface area contributed by atoms with Crippen LogP contribution in [0.25, 0.3) is 0 Å². The summed E-state index contributed by atoms with van der Waals surface area (Å²) in [4.78, 5) is 11.0. The fraction of sp³-hybridized carbons (Fsp3) is 0.154. The third-order valence-corrected chi connectivity index (χ3v) is 3.25. The van der Waals surface area contributed by atoms with Crippen LogP contribution in [0.4, 0.5) is 0 Å². The molecule has 0 aliphatic carbocycles. The second-order valence-electron chi connectivity index (χ2n) is 3.59. The summed E-state index contributed by atoms with van der Waals surface area (Å²) in [6.07, 6.45) is 0. The molecule has 0 bridgehead atoms. The molecule has 94 valence electrons. The zero-order valence-electron chi connectivity index (χ0n) is 9.75. The molecule has 18 heavy (non-hydrogen) atoms. The van der Waals surface area contributed by atoms with E-state index >= 15 is 0 Å². The highest BCUT2D eigenvalue weighted by atomic mass is 32.1. The Bertz CT molecular complexity index is 530. The van der Waals surface area contributed by atoms with Crippen molar-refractivity contribution in [2.75, 3.05) is 7.11 Å². The van der Waals surface area contributed by atoms with Crippen molar-refractivity contribution in [2.24, 2.45) is 0 Å². The molecule has 0 saturated heterocycles. The summed E-state index contributed by atoms with van der Waals surface area (Å²) >= 11 is 1.15. The largest absolute Gasteiger partial charge is 0.497 e. The van der Waals surface area contributed by atoms with Crippen LogP contribution in [0, 0.1) is 0 Å². The van der Waals surface area contributed by atoms with E-state index in [1.807, 2.05) is 24.3 Å². The van der Waals surface area contributed by atoms with Crippen molar-refractivity contribution in [1.29, 1.82) is 0 Å². The monoisotopic (exact) mass is 264 g/mol. The molecule has 2 aromatic rings. The first kappa shape index (κ1) is 12.4. The van der Waals surface area contributed by atoms with Crippen LogP contribution in [-0.2, 0) is 6.61 Å². The third kappa shape index (κ3) is 3.01. The lowest BCUT2D eigenvalue weighted by Gasteiger charge is -2.04. The number of rotatable bonds is 5. The van der Waals surface area contributed by atoms with Crippen molar-refractivity contribution in [3.63, 3.8) is 0 Å². The van der Waals surface area contributed by atoms with Gasteiger partial charge in [0.25, 0.3) is 0 Å². The van der Waals surface area contributed by atoms with Crippen LogP contribution in [0.2, 0.25) is 0 Å². The fourth-order valence-electron chi connectivity index (χ4n) is 1.40. The van der Waals surface area contributed by atoms with Crippen molar-refractivity contribution in [2.45, 2.75) is 6.61 Å². The summed E-state index contributed by atoms with van der Waals surface area (Å²) < 4.78 is 10.6. The molecule has 0 spiro atoms. The number of methoxy groups -OCH3 is 1. The molecule has 0 unspecified atom stereocenters. The Labute approximate surface area is 108 Å². The van der Waals surface area contributed by atoms with Gasteiger partial charge in [-0.25, -0.2) is 4.79 Å². The SMILES string of the molecule is COc1ccc(COc2csc(C(=O)O)c2)cc1. The van der Waals surface area contributed by atoms with E-state index < -0.39 is 5.97 Å². The highest BCUT2D eigenvalue weighted by Crippen LogP contribution is 2.22. The summed E-state index contributed by atoms with van der Waals surface area (Å²) in [5.74, 6) is 0.440. The zero-order valence-corrected chi connectivity index (χ0v) is 10.6. The normalized spacial score (nSPS) is 10.1. The minimum absolute atomic E-state index is 0.278. The molecule has 0 amide bonds. The van der Waals surface area contributed by atoms with Crippen LogP contribution in [0.1, 0.15) is 15.2 Å². The number of ether oxygens (including phenoxy) is 2. The second kappa shape index (κ2) is 5.55. The molecule has 0 aliphatic rings. The smallest absolute Gasteiger partial charge is 0.346 e. The zero-order chi connectivity index (χ0) is 13.0. The van der Waals surface area contributed by atoms with E-state index in [1.165, 1.54) is 6.07 Å². The van der Waals surface area contributed by atoms with Crippen LogP contribution in [0.5, 0.6) is 11.5 Å². The topological polar surface area (TPSA) is 55.8 Å². The Morgan fingerprint density at radius 2 is 2.00 bits per heavy atom. The molecular weight excluding hydrogens is 252 g/mol. The van der Waals surface area contributed by atoms with Crippen LogP contribution < -0.4 is 9.47 Å². The van der Waals surface area contributed by atoms with Crippen molar-refractivity contribution in [3.8, 4) is 11.5 Å². The summed E-state index contributed by atoms with van der Waals surface area (Å²) in [7, 11) is 1.62. The highest BCUT2D eigenvalue weighted by Gasteiger charge is 2.07. The van der Waals surface area contributed by atoms with Gasteiger partial charge in [-0.1, -0.05) is 12.1 Å². The molecule has 5 heteroatoms. The number of carboxylic acids is 1. The summed E-state index contributed by atoms with van der Waals surface area (Å²) in [5.41, 5.74) is 0.999. The lowest BCUT2D eigenvalue weighted by Crippen LogP contribution is -1.95. The number of carboxylic acid groups (broad SMARTS) is 1. The Morgan fingerprint density at radius 3 is 2.56 bits per heavy atom. The van der Waals surface area contributed by atoms with Crippen LogP contribution in [-0.4, -0.2) is 18.2 Å². The maximum absolute atomic E-state index is 10.7. The Morgan fingerprint density at radius 1 is 1.28 bits per heavy atom. The van der Waals surface area contributed by atoms with Crippen LogP contribution >= 0.6 is 11.3 Å². The van der Waals surface area contributed by atoms with Crippen molar-refractivity contribution in [3.05, 3.63) is 46.2 Å². The minimum Gasteiger partial charge on any atom is -0.497 e. The van der Waals surface area contributed by atoms with Gasteiger partial charge >= 0.3 is 5.97 Å². The van der Waals surface area contributed by atoms with E-state index in [0.29, 0.717) is 12.4 Å². The van der Waals surface area contributed by atoms with Crippen LogP contribution in [0.3, 0.4) is 0 Å². The number of aromatic carboxylic acids is 1. The molecule has 0 atom stereocenters. The number of carbonyl (C=O) groups is 1. The Balaban J connectivity index is 1.95. The molecule has 2 rings (SSSR count). The van der Waals surface area contributed by atoms with Crippen molar-refractivity contribution >= 4 is 17.3 Å². The Hall–Kier alpha value is -2.01. The highest BCUT2D eigenvalue weighted by molar-refractivity contribution is 7.12. The molecule has 1 heterocycles. The van der Waals surface area contributed by atoms with Gasteiger partial charge in [0.1, 0.15) is 23.0 Å². The molecule has 0 radical (unpaired) electrons. The predicted molar refractivity (Wildman–Crippen MR) is 68.6 cm³/mol. The van der Waals surface area contributed by atoms with Gasteiger partial charge in [0, 0.05) is 11.4 Å². The van der Waals surface area contributed by atoms with Gasteiger partial charge in [0.2, 0.25) is 0 Å². The average molecular weight is 264 g/mol. The van der Waals surface area contributed by atoms with E-state index in [9.17, 15) is 4.79 Å². The second-order valence-corrected chi connectivity index (χ2v) is 4.50. The van der Waals surface area contributed by atoms with E-state index in [2.05, 4.69) is 0 Å². The van der Waals surface area contributed by atoms with Gasteiger partial charge in [0.15, 0.2) is 0 Å². The standard InChI is InChI=1S/C13H12O4S/c1-16-10-4-2-9(3-5-10)7-17-11-6-12(13(14)15)18-8-11/h2-6,8H,7H2,1H3,(H,14,15). The number of hydrogen-bond donors (Lipinski definition) is 1. The van der Waals surface area contributed by atoms with Gasteiger partial charge in [-0.3, -0.25) is 0 Å². The molecule has 1 aromatic carbocycles. The van der Waals surface area contributed by atoms with E-state index in [1.54, 1.807) is 12.5 Å². The first-order valence-corrected chi connectivity index (χ1v) is 6.14. The fourth-order valence-corrected chi connectivity index (χ4v) is 2.06.